The number of nitrogens with zero attached hydrogens (tertiary/aromatic N) is 1. The molecule has 1 aromatic rings. The number of anilines is 1. The van der Waals surface area contributed by atoms with Gasteiger partial charge in [0.25, 0.3) is 5.91 Å². The third kappa shape index (κ3) is 3.51. The van der Waals surface area contributed by atoms with Crippen LogP contribution in [-0.4, -0.2) is 23.4 Å². The summed E-state index contributed by atoms with van der Waals surface area (Å²) in [5, 5.41) is 0. The van der Waals surface area contributed by atoms with Gasteiger partial charge in [0.15, 0.2) is 0 Å². The zero-order chi connectivity index (χ0) is 14.9. The van der Waals surface area contributed by atoms with Gasteiger partial charge in [0.05, 0.1) is 11.3 Å². The first-order valence-electron chi connectivity index (χ1n) is 6.95. The molecule has 1 amide bonds. The minimum atomic E-state index is -0.506. The van der Waals surface area contributed by atoms with Crippen molar-refractivity contribution >= 4 is 27.5 Å². The number of nitrogens with two attached hydrogens (primary N) is 1. The fourth-order valence-electron chi connectivity index (χ4n) is 2.12. The van der Waals surface area contributed by atoms with E-state index in [9.17, 15) is 9.18 Å². The number of amides is 1. The van der Waals surface area contributed by atoms with Gasteiger partial charge in [-0.1, -0.05) is 13.8 Å². The minimum absolute atomic E-state index is 0.0103. The molecule has 0 aliphatic heterocycles. The van der Waals surface area contributed by atoms with Crippen molar-refractivity contribution < 1.29 is 9.18 Å². The second-order valence-electron chi connectivity index (χ2n) is 5.77. The van der Waals surface area contributed by atoms with Crippen molar-refractivity contribution in [3.8, 4) is 0 Å². The largest absolute Gasteiger partial charge is 0.396 e. The van der Waals surface area contributed by atoms with Gasteiger partial charge in [-0.25, -0.2) is 4.39 Å². The molecule has 5 heteroatoms. The Morgan fingerprint density at radius 1 is 1.50 bits per heavy atom. The fraction of sp³-hybridized carbons (Fsp3) is 0.533. The Morgan fingerprint density at radius 3 is 2.70 bits per heavy atom. The van der Waals surface area contributed by atoms with Crippen LogP contribution >= 0.6 is 15.9 Å². The van der Waals surface area contributed by atoms with Gasteiger partial charge in [-0.2, -0.15) is 0 Å². The van der Waals surface area contributed by atoms with Crippen LogP contribution in [0.5, 0.6) is 0 Å². The number of hydrogen-bond acceptors (Lipinski definition) is 2. The lowest BCUT2D eigenvalue weighted by atomic mass is 10.1. The lowest BCUT2D eigenvalue weighted by Crippen LogP contribution is -2.34. The number of nitrogen functional groups attached to an aromatic ring is 1. The molecule has 2 N–H and O–H groups in total. The summed E-state index contributed by atoms with van der Waals surface area (Å²) < 4.78 is 13.8. The van der Waals surface area contributed by atoms with Crippen molar-refractivity contribution in [1.29, 1.82) is 0 Å². The Balaban J connectivity index is 2.21. The van der Waals surface area contributed by atoms with E-state index in [2.05, 4.69) is 29.8 Å². The summed E-state index contributed by atoms with van der Waals surface area (Å²) in [6.07, 6.45) is 3.08. The van der Waals surface area contributed by atoms with Gasteiger partial charge < -0.3 is 10.6 Å². The van der Waals surface area contributed by atoms with Crippen LogP contribution < -0.4 is 5.73 Å². The molecule has 0 unspecified atom stereocenters. The van der Waals surface area contributed by atoms with Crippen LogP contribution in [0.25, 0.3) is 0 Å². The van der Waals surface area contributed by atoms with Gasteiger partial charge in [0.2, 0.25) is 0 Å². The van der Waals surface area contributed by atoms with Crippen molar-refractivity contribution in [2.24, 2.45) is 5.92 Å². The molecule has 0 spiro atoms. The number of rotatable bonds is 5. The molecule has 0 saturated heterocycles. The molecule has 0 bridgehead atoms. The molecule has 1 aliphatic carbocycles. The van der Waals surface area contributed by atoms with Crippen LogP contribution in [0, 0.1) is 11.7 Å². The molecule has 110 valence electrons. The van der Waals surface area contributed by atoms with Gasteiger partial charge in [-0.05, 0) is 53.2 Å². The van der Waals surface area contributed by atoms with Crippen LogP contribution in [0.2, 0.25) is 0 Å². The molecule has 2 rings (SSSR count). The first-order chi connectivity index (χ1) is 9.40. The number of carbonyl (C=O) groups is 1. The van der Waals surface area contributed by atoms with Crippen molar-refractivity contribution in [2.45, 2.75) is 39.2 Å². The molecule has 3 nitrogen and oxygen atoms in total. The van der Waals surface area contributed by atoms with Crippen LogP contribution in [-0.2, 0) is 0 Å². The van der Waals surface area contributed by atoms with Gasteiger partial charge in [0, 0.05) is 17.1 Å². The lowest BCUT2D eigenvalue weighted by Gasteiger charge is -2.24. The van der Waals surface area contributed by atoms with E-state index in [-0.39, 0.29) is 11.6 Å². The quantitative estimate of drug-likeness (QED) is 0.826. The molecule has 0 atom stereocenters. The number of carbonyl (C=O) groups excluding carboxylic acids is 1. The first kappa shape index (κ1) is 15.3. The van der Waals surface area contributed by atoms with Crippen LogP contribution in [0.3, 0.4) is 0 Å². The van der Waals surface area contributed by atoms with Crippen LogP contribution in [0.1, 0.15) is 43.5 Å². The van der Waals surface area contributed by atoms with E-state index in [4.69, 9.17) is 5.73 Å². The number of halogens is 2. The number of benzene rings is 1. The zero-order valence-electron chi connectivity index (χ0n) is 11.8. The highest BCUT2D eigenvalue weighted by molar-refractivity contribution is 9.10. The average molecular weight is 343 g/mol. The van der Waals surface area contributed by atoms with Gasteiger partial charge in [0.1, 0.15) is 5.82 Å². The number of hydrogen-bond donors (Lipinski definition) is 1. The maximum absolute atomic E-state index is 13.4. The van der Waals surface area contributed by atoms with E-state index in [1.54, 1.807) is 0 Å². The Kier molecular flexibility index (Phi) is 4.68. The monoisotopic (exact) mass is 342 g/mol. The predicted molar refractivity (Wildman–Crippen MR) is 82.0 cm³/mol. The third-order valence-electron chi connectivity index (χ3n) is 3.51. The van der Waals surface area contributed by atoms with Crippen LogP contribution in [0.15, 0.2) is 16.6 Å². The molecular weight excluding hydrogens is 323 g/mol. The summed E-state index contributed by atoms with van der Waals surface area (Å²) in [5.74, 6) is -0.0221. The van der Waals surface area contributed by atoms with Crippen molar-refractivity contribution in [3.05, 3.63) is 28.0 Å². The fourth-order valence-corrected chi connectivity index (χ4v) is 2.60. The summed E-state index contributed by atoms with van der Waals surface area (Å²) >= 11 is 3.26. The van der Waals surface area contributed by atoms with E-state index in [0.717, 1.165) is 25.8 Å². The van der Waals surface area contributed by atoms with Crippen molar-refractivity contribution in [3.63, 3.8) is 0 Å². The first-order valence-corrected chi connectivity index (χ1v) is 7.75. The van der Waals surface area contributed by atoms with Crippen molar-refractivity contribution in [1.82, 2.24) is 4.90 Å². The maximum atomic E-state index is 13.4. The minimum Gasteiger partial charge on any atom is -0.396 e. The SMILES string of the molecule is CC(C)CCN(C(=O)c1cc(N)c(F)cc1Br)C1CC1. The van der Waals surface area contributed by atoms with Gasteiger partial charge in [-0.3, -0.25) is 4.79 Å². The molecule has 0 radical (unpaired) electrons. The summed E-state index contributed by atoms with van der Waals surface area (Å²) in [4.78, 5) is 14.5. The smallest absolute Gasteiger partial charge is 0.255 e. The van der Waals surface area contributed by atoms with Gasteiger partial charge >= 0.3 is 0 Å². The lowest BCUT2D eigenvalue weighted by molar-refractivity contribution is 0.0734. The molecule has 1 fully saturated rings. The standard InChI is InChI=1S/C15H20BrFN2O/c1-9(2)5-6-19(10-3-4-10)15(20)11-7-14(18)13(17)8-12(11)16/h7-10H,3-6,18H2,1-2H3. The average Bonchev–Trinajstić information content (AvgIpc) is 3.18. The second-order valence-corrected chi connectivity index (χ2v) is 6.62. The molecule has 0 aromatic heterocycles. The van der Waals surface area contributed by atoms with Crippen LogP contribution in [0.4, 0.5) is 10.1 Å². The predicted octanol–water partition coefficient (Wildman–Crippen LogP) is 3.82. The molecule has 0 heterocycles. The summed E-state index contributed by atoms with van der Waals surface area (Å²) in [6.45, 7) is 5.02. The molecule has 20 heavy (non-hydrogen) atoms. The Bertz CT molecular complexity index is 515. The maximum Gasteiger partial charge on any atom is 0.255 e. The zero-order valence-corrected chi connectivity index (χ0v) is 13.4. The topological polar surface area (TPSA) is 46.3 Å². The van der Waals surface area contributed by atoms with E-state index >= 15 is 0 Å². The highest BCUT2D eigenvalue weighted by Gasteiger charge is 2.33. The Morgan fingerprint density at radius 2 is 2.15 bits per heavy atom. The molecule has 1 aliphatic rings. The van der Waals surface area contributed by atoms with E-state index in [1.807, 2.05) is 4.90 Å². The Labute approximate surface area is 127 Å². The molecule has 1 aromatic carbocycles. The summed E-state index contributed by atoms with van der Waals surface area (Å²) in [5.41, 5.74) is 6.03. The molecular formula is C15H20BrFN2O. The van der Waals surface area contributed by atoms with Crippen molar-refractivity contribution in [2.75, 3.05) is 12.3 Å². The third-order valence-corrected chi connectivity index (χ3v) is 4.17. The second kappa shape index (κ2) is 6.12. The highest BCUT2D eigenvalue weighted by Crippen LogP contribution is 2.31. The Hall–Kier alpha value is -1.10. The highest BCUT2D eigenvalue weighted by atomic mass is 79.9. The molecule has 1 saturated carbocycles. The summed E-state index contributed by atoms with van der Waals surface area (Å²) in [7, 11) is 0. The summed E-state index contributed by atoms with van der Waals surface area (Å²) in [6, 6.07) is 3.02. The normalized spacial score (nSPS) is 14.7. The van der Waals surface area contributed by atoms with Gasteiger partial charge in [-0.15, -0.1) is 0 Å². The van der Waals surface area contributed by atoms with E-state index in [0.29, 0.717) is 22.0 Å². The van der Waals surface area contributed by atoms with E-state index < -0.39 is 5.82 Å². The van der Waals surface area contributed by atoms with E-state index in [1.165, 1.54) is 12.1 Å².